The number of amides is 2. The molecule has 2 heterocycles. The second-order valence-electron chi connectivity index (χ2n) is 5.70. The van der Waals surface area contributed by atoms with E-state index in [0.29, 0.717) is 12.3 Å². The standard InChI is InChI=1S/C16H20N2O3S/c19-15(20)13-11-22-14-8-10-17(16(21)18(13)14)9-4-7-12-5-2-1-3-6-12/h1-3,5-6,13-14H,4,7-11H2,(H,19,20)/t13-,14+/m0/s1. The number of aryl methyl sites for hydroxylation is 1. The maximum atomic E-state index is 12.5. The van der Waals surface area contributed by atoms with Crippen LogP contribution in [0.5, 0.6) is 0 Å². The highest BCUT2D eigenvalue weighted by Crippen LogP contribution is 2.35. The van der Waals surface area contributed by atoms with Crippen LogP contribution in [0.3, 0.4) is 0 Å². The molecule has 2 saturated heterocycles. The predicted molar refractivity (Wildman–Crippen MR) is 85.9 cm³/mol. The van der Waals surface area contributed by atoms with E-state index in [0.717, 1.165) is 25.8 Å². The maximum absolute atomic E-state index is 12.5. The van der Waals surface area contributed by atoms with Crippen molar-refractivity contribution in [3.63, 3.8) is 0 Å². The van der Waals surface area contributed by atoms with E-state index in [1.54, 1.807) is 21.6 Å². The van der Waals surface area contributed by atoms with E-state index in [1.165, 1.54) is 5.56 Å². The number of rotatable bonds is 5. The first-order chi connectivity index (χ1) is 10.7. The summed E-state index contributed by atoms with van der Waals surface area (Å²) in [5, 5.41) is 9.30. The van der Waals surface area contributed by atoms with Gasteiger partial charge >= 0.3 is 12.0 Å². The highest BCUT2D eigenvalue weighted by Gasteiger charge is 2.45. The number of carboxylic acids is 1. The first-order valence-electron chi connectivity index (χ1n) is 7.62. The van der Waals surface area contributed by atoms with E-state index < -0.39 is 12.0 Å². The first kappa shape index (κ1) is 15.2. The number of carbonyl (C=O) groups is 2. The fraction of sp³-hybridized carbons (Fsp3) is 0.500. The van der Waals surface area contributed by atoms with Gasteiger partial charge in [-0.05, 0) is 24.8 Å². The van der Waals surface area contributed by atoms with Crippen LogP contribution in [0.25, 0.3) is 0 Å². The lowest BCUT2D eigenvalue weighted by atomic mass is 10.1. The van der Waals surface area contributed by atoms with Gasteiger partial charge in [0.25, 0.3) is 0 Å². The molecule has 2 atom stereocenters. The van der Waals surface area contributed by atoms with Crippen LogP contribution in [-0.4, -0.2) is 57.2 Å². The second-order valence-corrected chi connectivity index (χ2v) is 6.91. The van der Waals surface area contributed by atoms with Gasteiger partial charge in [0.2, 0.25) is 0 Å². The van der Waals surface area contributed by atoms with Crippen LogP contribution in [0.15, 0.2) is 30.3 Å². The average molecular weight is 320 g/mol. The number of carbonyl (C=O) groups excluding carboxylic acids is 1. The summed E-state index contributed by atoms with van der Waals surface area (Å²) in [5.74, 6) is -0.390. The molecule has 2 amide bonds. The van der Waals surface area contributed by atoms with Crippen molar-refractivity contribution in [1.29, 1.82) is 0 Å². The second kappa shape index (κ2) is 6.60. The highest BCUT2D eigenvalue weighted by molar-refractivity contribution is 8.00. The van der Waals surface area contributed by atoms with Gasteiger partial charge in [-0.25, -0.2) is 9.59 Å². The van der Waals surface area contributed by atoms with Crippen LogP contribution in [0, 0.1) is 0 Å². The molecule has 0 radical (unpaired) electrons. The molecule has 0 saturated carbocycles. The van der Waals surface area contributed by atoms with Crippen LogP contribution in [-0.2, 0) is 11.2 Å². The summed E-state index contributed by atoms with van der Waals surface area (Å²) in [6.07, 6.45) is 2.69. The highest BCUT2D eigenvalue weighted by atomic mass is 32.2. The van der Waals surface area contributed by atoms with Crippen LogP contribution < -0.4 is 0 Å². The molecule has 2 fully saturated rings. The molecule has 0 aliphatic carbocycles. The zero-order valence-electron chi connectivity index (χ0n) is 12.4. The van der Waals surface area contributed by atoms with E-state index >= 15 is 0 Å². The Kier molecular flexibility index (Phi) is 4.57. The fourth-order valence-corrected chi connectivity index (χ4v) is 4.46. The van der Waals surface area contributed by atoms with Crippen molar-refractivity contribution in [2.75, 3.05) is 18.8 Å². The predicted octanol–water partition coefficient (Wildman–Crippen LogP) is 2.27. The van der Waals surface area contributed by atoms with E-state index in [2.05, 4.69) is 12.1 Å². The molecule has 1 N–H and O–H groups in total. The van der Waals surface area contributed by atoms with Gasteiger partial charge in [0.15, 0.2) is 0 Å². The molecule has 0 bridgehead atoms. The van der Waals surface area contributed by atoms with Gasteiger partial charge in [0, 0.05) is 18.8 Å². The van der Waals surface area contributed by atoms with Gasteiger partial charge in [-0.2, -0.15) is 0 Å². The third kappa shape index (κ3) is 3.06. The van der Waals surface area contributed by atoms with Gasteiger partial charge in [-0.1, -0.05) is 30.3 Å². The van der Waals surface area contributed by atoms with Crippen molar-refractivity contribution in [1.82, 2.24) is 9.80 Å². The normalized spacial score (nSPS) is 24.5. The van der Waals surface area contributed by atoms with Gasteiger partial charge in [0.05, 0.1) is 5.37 Å². The number of hydrogen-bond donors (Lipinski definition) is 1. The zero-order chi connectivity index (χ0) is 15.5. The zero-order valence-corrected chi connectivity index (χ0v) is 13.2. The number of aliphatic carboxylic acids is 1. The van der Waals surface area contributed by atoms with Gasteiger partial charge < -0.3 is 10.0 Å². The quantitative estimate of drug-likeness (QED) is 0.904. The van der Waals surface area contributed by atoms with Crippen molar-refractivity contribution in [3.05, 3.63) is 35.9 Å². The number of nitrogens with zero attached hydrogens (tertiary/aromatic N) is 2. The van der Waals surface area contributed by atoms with Gasteiger partial charge in [-0.3, -0.25) is 4.90 Å². The Morgan fingerprint density at radius 3 is 2.82 bits per heavy atom. The average Bonchev–Trinajstić information content (AvgIpc) is 2.96. The summed E-state index contributed by atoms with van der Waals surface area (Å²) in [6.45, 7) is 1.42. The van der Waals surface area contributed by atoms with Crippen molar-refractivity contribution in [3.8, 4) is 0 Å². The first-order valence-corrected chi connectivity index (χ1v) is 8.67. The molecular formula is C16H20N2O3S. The largest absolute Gasteiger partial charge is 0.480 e. The molecule has 5 nitrogen and oxygen atoms in total. The number of benzene rings is 1. The molecule has 3 rings (SSSR count). The number of carboxylic acid groups (broad SMARTS) is 1. The smallest absolute Gasteiger partial charge is 0.327 e. The minimum Gasteiger partial charge on any atom is -0.480 e. The number of urea groups is 1. The summed E-state index contributed by atoms with van der Waals surface area (Å²) in [6, 6.07) is 9.43. The summed E-state index contributed by atoms with van der Waals surface area (Å²) in [4.78, 5) is 27.2. The van der Waals surface area contributed by atoms with Crippen molar-refractivity contribution >= 4 is 23.8 Å². The third-order valence-corrected chi connectivity index (χ3v) is 5.61. The molecule has 2 aliphatic heterocycles. The Morgan fingerprint density at radius 2 is 2.09 bits per heavy atom. The number of thioether (sulfide) groups is 1. The lowest BCUT2D eigenvalue weighted by molar-refractivity contribution is -0.141. The fourth-order valence-electron chi connectivity index (χ4n) is 3.08. The SMILES string of the molecule is O=C(O)[C@@H]1CS[C@@H]2CCN(CCCc3ccccc3)C(=O)N21. The maximum Gasteiger partial charge on any atom is 0.327 e. The molecular weight excluding hydrogens is 300 g/mol. The molecule has 2 aliphatic rings. The lowest BCUT2D eigenvalue weighted by Crippen LogP contribution is -2.56. The Balaban J connectivity index is 1.56. The van der Waals surface area contributed by atoms with Crippen molar-refractivity contribution in [2.45, 2.75) is 30.7 Å². The van der Waals surface area contributed by atoms with Crippen molar-refractivity contribution < 1.29 is 14.7 Å². The summed E-state index contributed by atoms with van der Waals surface area (Å²) in [7, 11) is 0. The number of fused-ring (bicyclic) bond motifs is 1. The minimum absolute atomic E-state index is 0.0407. The minimum atomic E-state index is -0.894. The molecule has 118 valence electrons. The summed E-state index contributed by atoms with van der Waals surface area (Å²) < 4.78 is 0. The van der Waals surface area contributed by atoms with E-state index in [1.807, 2.05) is 18.2 Å². The van der Waals surface area contributed by atoms with Gasteiger partial charge in [0.1, 0.15) is 6.04 Å². The number of hydrogen-bond acceptors (Lipinski definition) is 3. The monoisotopic (exact) mass is 320 g/mol. The molecule has 1 aromatic carbocycles. The molecule has 0 unspecified atom stereocenters. The molecule has 0 spiro atoms. The van der Waals surface area contributed by atoms with Crippen LogP contribution in [0.2, 0.25) is 0 Å². The Hall–Kier alpha value is -1.69. The third-order valence-electron chi connectivity index (χ3n) is 4.25. The van der Waals surface area contributed by atoms with Crippen LogP contribution in [0.1, 0.15) is 18.4 Å². The molecule has 0 aromatic heterocycles. The van der Waals surface area contributed by atoms with Crippen LogP contribution >= 0.6 is 11.8 Å². The van der Waals surface area contributed by atoms with E-state index in [9.17, 15) is 14.7 Å². The van der Waals surface area contributed by atoms with E-state index in [-0.39, 0.29) is 11.4 Å². The summed E-state index contributed by atoms with van der Waals surface area (Å²) in [5.41, 5.74) is 1.27. The molecule has 6 heteroatoms. The van der Waals surface area contributed by atoms with Gasteiger partial charge in [-0.15, -0.1) is 11.8 Å². The molecule has 22 heavy (non-hydrogen) atoms. The van der Waals surface area contributed by atoms with Crippen LogP contribution in [0.4, 0.5) is 4.79 Å². The Bertz CT molecular complexity index is 552. The Labute approximate surface area is 134 Å². The van der Waals surface area contributed by atoms with Crippen molar-refractivity contribution in [2.24, 2.45) is 0 Å². The Morgan fingerprint density at radius 1 is 1.32 bits per heavy atom. The molecule has 1 aromatic rings. The topological polar surface area (TPSA) is 60.9 Å². The summed E-state index contributed by atoms with van der Waals surface area (Å²) >= 11 is 1.59. The van der Waals surface area contributed by atoms with E-state index in [4.69, 9.17) is 0 Å². The lowest BCUT2D eigenvalue weighted by Gasteiger charge is -2.38.